The summed E-state index contributed by atoms with van der Waals surface area (Å²) in [6.07, 6.45) is 6.48. The summed E-state index contributed by atoms with van der Waals surface area (Å²) < 4.78 is 39.4. The smallest absolute Gasteiger partial charge is 0.200 e. The van der Waals surface area contributed by atoms with Crippen LogP contribution in [0.2, 0.25) is 0 Å². The molecule has 2 aliphatic carbocycles. The van der Waals surface area contributed by atoms with E-state index in [1.165, 1.54) is 0 Å². The number of benzene rings is 1. The molecule has 0 radical (unpaired) electrons. The van der Waals surface area contributed by atoms with Crippen LogP contribution in [0.5, 0.6) is 5.75 Å². The Bertz CT molecular complexity index is 549. The molecule has 1 aromatic carbocycles. The molecule has 2 fully saturated rings. The fourth-order valence-corrected chi connectivity index (χ4v) is 3.90. The maximum Gasteiger partial charge on any atom is 0.200 e. The van der Waals surface area contributed by atoms with Crippen molar-refractivity contribution in [1.29, 1.82) is 0 Å². The van der Waals surface area contributed by atoms with Gasteiger partial charge in [-0.1, -0.05) is 19.9 Å². The molecule has 0 atom stereocenters. The van der Waals surface area contributed by atoms with E-state index >= 15 is 0 Å². The summed E-state index contributed by atoms with van der Waals surface area (Å²) in [5.41, 5.74) is 0.519. The first-order valence-corrected chi connectivity index (χ1v) is 9.36. The topological polar surface area (TPSA) is 18.5 Å². The fraction of sp³-hybridized carbons (Fsp3) is 0.700. The van der Waals surface area contributed by atoms with Gasteiger partial charge in [-0.3, -0.25) is 0 Å². The van der Waals surface area contributed by atoms with E-state index in [-0.39, 0.29) is 11.7 Å². The highest BCUT2D eigenvalue weighted by atomic mass is 19.2. The van der Waals surface area contributed by atoms with Gasteiger partial charge in [0.05, 0.1) is 12.7 Å². The lowest BCUT2D eigenvalue weighted by Crippen LogP contribution is -2.41. The van der Waals surface area contributed by atoms with E-state index in [9.17, 15) is 8.78 Å². The van der Waals surface area contributed by atoms with Gasteiger partial charge in [-0.05, 0) is 67.9 Å². The average Bonchev–Trinajstić information content (AvgIpc) is 2.50. The zero-order valence-corrected chi connectivity index (χ0v) is 14.7. The summed E-state index contributed by atoms with van der Waals surface area (Å²) in [5.74, 6) is -0.00626. The van der Waals surface area contributed by atoms with E-state index in [1.807, 2.05) is 6.92 Å². The second kappa shape index (κ2) is 7.81. The van der Waals surface area contributed by atoms with Gasteiger partial charge in [-0.2, -0.15) is 4.39 Å². The van der Waals surface area contributed by atoms with Crippen LogP contribution in [0.4, 0.5) is 8.78 Å². The summed E-state index contributed by atoms with van der Waals surface area (Å²) in [4.78, 5) is 0. The van der Waals surface area contributed by atoms with Gasteiger partial charge >= 0.3 is 0 Å². The molecule has 3 rings (SSSR count). The first kappa shape index (κ1) is 17.7. The molecule has 0 aliphatic heterocycles. The van der Waals surface area contributed by atoms with Crippen molar-refractivity contribution >= 4 is 0 Å². The van der Waals surface area contributed by atoms with Crippen molar-refractivity contribution in [2.75, 3.05) is 13.2 Å². The Labute approximate surface area is 143 Å². The number of hydrogen-bond donors (Lipinski definition) is 0. The van der Waals surface area contributed by atoms with E-state index < -0.39 is 11.6 Å². The molecule has 134 valence electrons. The van der Waals surface area contributed by atoms with Crippen LogP contribution >= 0.6 is 0 Å². The standard InChI is InChI=1S/C20H28F2O2/c1-3-7-23-16-11-14(12-16)13-9-15(10-13)17-5-6-18(24-8-4-2)20(22)19(17)21/h5-6,13-16H,3-4,7-12H2,1-2H3. The molecule has 0 heterocycles. The van der Waals surface area contributed by atoms with Crippen molar-refractivity contribution in [3.05, 3.63) is 29.3 Å². The highest BCUT2D eigenvalue weighted by Gasteiger charge is 2.43. The maximum atomic E-state index is 14.3. The molecule has 1 aromatic rings. The minimum atomic E-state index is -0.832. The lowest BCUT2D eigenvalue weighted by molar-refractivity contribution is -0.0618. The molecule has 0 bridgehead atoms. The van der Waals surface area contributed by atoms with Crippen molar-refractivity contribution in [2.45, 2.75) is 64.4 Å². The normalized spacial score (nSPS) is 29.0. The zero-order chi connectivity index (χ0) is 17.1. The Morgan fingerprint density at radius 1 is 0.917 bits per heavy atom. The van der Waals surface area contributed by atoms with E-state index in [2.05, 4.69) is 6.92 Å². The lowest BCUT2D eigenvalue weighted by atomic mass is 9.60. The molecule has 2 aliphatic rings. The number of rotatable bonds is 8. The maximum absolute atomic E-state index is 14.3. The highest BCUT2D eigenvalue weighted by molar-refractivity contribution is 5.34. The SMILES string of the molecule is CCCOc1ccc(C2CC(C3CC(OCCC)C3)C2)c(F)c1F. The third-order valence-electron chi connectivity index (χ3n) is 5.51. The summed E-state index contributed by atoms with van der Waals surface area (Å²) in [7, 11) is 0. The van der Waals surface area contributed by atoms with Gasteiger partial charge in [0.25, 0.3) is 0 Å². The molecule has 4 heteroatoms. The quantitative estimate of drug-likeness (QED) is 0.627. The molecule has 0 spiro atoms. The molecule has 24 heavy (non-hydrogen) atoms. The minimum Gasteiger partial charge on any atom is -0.490 e. The van der Waals surface area contributed by atoms with E-state index in [0.717, 1.165) is 45.1 Å². The largest absolute Gasteiger partial charge is 0.490 e. The summed E-state index contributed by atoms with van der Waals surface area (Å²) in [6, 6.07) is 3.28. The average molecular weight is 338 g/mol. The lowest BCUT2D eigenvalue weighted by Gasteiger charge is -2.47. The molecule has 0 saturated heterocycles. The molecule has 0 aromatic heterocycles. The predicted molar refractivity (Wildman–Crippen MR) is 90.4 cm³/mol. The molecular weight excluding hydrogens is 310 g/mol. The Hall–Kier alpha value is -1.16. The highest BCUT2D eigenvalue weighted by Crippen LogP contribution is 2.52. The summed E-state index contributed by atoms with van der Waals surface area (Å²) in [5, 5.41) is 0. The van der Waals surface area contributed by atoms with E-state index in [0.29, 0.717) is 30.1 Å². The second-order valence-corrected chi connectivity index (χ2v) is 7.28. The van der Waals surface area contributed by atoms with Gasteiger partial charge in [0, 0.05) is 6.61 Å². The van der Waals surface area contributed by atoms with Gasteiger partial charge in [0.2, 0.25) is 5.82 Å². The Balaban J connectivity index is 1.50. The van der Waals surface area contributed by atoms with Crippen molar-refractivity contribution in [2.24, 2.45) is 11.8 Å². The monoisotopic (exact) mass is 338 g/mol. The van der Waals surface area contributed by atoms with E-state index in [4.69, 9.17) is 9.47 Å². The van der Waals surface area contributed by atoms with Crippen molar-refractivity contribution < 1.29 is 18.3 Å². The third kappa shape index (κ3) is 3.58. The molecule has 2 saturated carbocycles. The van der Waals surface area contributed by atoms with Crippen molar-refractivity contribution in [3.8, 4) is 5.75 Å². The van der Waals surface area contributed by atoms with Gasteiger partial charge in [0.1, 0.15) is 0 Å². The first-order chi connectivity index (χ1) is 11.6. The van der Waals surface area contributed by atoms with E-state index in [1.54, 1.807) is 12.1 Å². The van der Waals surface area contributed by atoms with Gasteiger partial charge in [-0.15, -0.1) is 0 Å². The van der Waals surface area contributed by atoms with Crippen LogP contribution < -0.4 is 4.74 Å². The van der Waals surface area contributed by atoms with Crippen molar-refractivity contribution in [3.63, 3.8) is 0 Å². The number of hydrogen-bond acceptors (Lipinski definition) is 2. The molecule has 2 nitrogen and oxygen atoms in total. The predicted octanol–water partition coefficient (Wildman–Crippen LogP) is 5.45. The number of ether oxygens (including phenoxy) is 2. The molecule has 0 amide bonds. The minimum absolute atomic E-state index is 0.0314. The Kier molecular flexibility index (Phi) is 5.75. The van der Waals surface area contributed by atoms with Crippen LogP contribution in [0.15, 0.2) is 12.1 Å². The van der Waals surface area contributed by atoms with Gasteiger partial charge in [-0.25, -0.2) is 4.39 Å². The summed E-state index contributed by atoms with van der Waals surface area (Å²) >= 11 is 0. The fourth-order valence-electron chi connectivity index (χ4n) is 3.90. The van der Waals surface area contributed by atoms with Crippen molar-refractivity contribution in [1.82, 2.24) is 0 Å². The Morgan fingerprint density at radius 2 is 1.58 bits per heavy atom. The molecular formula is C20H28F2O2. The van der Waals surface area contributed by atoms with Crippen LogP contribution in [-0.2, 0) is 4.74 Å². The van der Waals surface area contributed by atoms with Crippen LogP contribution in [0.25, 0.3) is 0 Å². The second-order valence-electron chi connectivity index (χ2n) is 7.28. The van der Waals surface area contributed by atoms with Gasteiger partial charge < -0.3 is 9.47 Å². The first-order valence-electron chi connectivity index (χ1n) is 9.36. The van der Waals surface area contributed by atoms with Crippen LogP contribution in [0, 0.1) is 23.5 Å². The summed E-state index contributed by atoms with van der Waals surface area (Å²) in [6.45, 7) is 5.32. The van der Waals surface area contributed by atoms with Crippen LogP contribution in [0.3, 0.4) is 0 Å². The van der Waals surface area contributed by atoms with Crippen LogP contribution in [0.1, 0.15) is 63.9 Å². The van der Waals surface area contributed by atoms with Crippen LogP contribution in [-0.4, -0.2) is 19.3 Å². The molecule has 0 unspecified atom stereocenters. The zero-order valence-electron chi connectivity index (χ0n) is 14.7. The third-order valence-corrected chi connectivity index (χ3v) is 5.51. The van der Waals surface area contributed by atoms with Gasteiger partial charge in [0.15, 0.2) is 11.6 Å². The molecule has 0 N–H and O–H groups in total. The number of halogens is 2. The Morgan fingerprint density at radius 3 is 2.25 bits per heavy atom.